The number of benzene rings is 2. The van der Waals surface area contributed by atoms with Crippen molar-refractivity contribution in [3.05, 3.63) is 63.9 Å². The lowest BCUT2D eigenvalue weighted by molar-refractivity contribution is 0.406. The summed E-state index contributed by atoms with van der Waals surface area (Å²) >= 11 is 3.48. The molecule has 0 aliphatic carbocycles. The Morgan fingerprint density at radius 1 is 1.20 bits per heavy atom. The van der Waals surface area contributed by atoms with Gasteiger partial charge in [-0.25, -0.2) is 4.39 Å². The van der Waals surface area contributed by atoms with Crippen LogP contribution in [0.2, 0.25) is 0 Å². The summed E-state index contributed by atoms with van der Waals surface area (Å²) in [5.41, 5.74) is 2.15. The molecule has 1 atom stereocenters. The fraction of sp³-hybridized carbons (Fsp3) is 0.250. The highest BCUT2D eigenvalue weighted by atomic mass is 79.9. The van der Waals surface area contributed by atoms with Gasteiger partial charge in [0.1, 0.15) is 11.6 Å². The zero-order valence-corrected chi connectivity index (χ0v) is 13.1. The van der Waals surface area contributed by atoms with Crippen molar-refractivity contribution in [2.24, 2.45) is 0 Å². The van der Waals surface area contributed by atoms with Gasteiger partial charge in [-0.2, -0.15) is 0 Å². The Morgan fingerprint density at radius 3 is 2.50 bits per heavy atom. The van der Waals surface area contributed by atoms with E-state index in [9.17, 15) is 4.39 Å². The van der Waals surface area contributed by atoms with Crippen molar-refractivity contribution in [3.63, 3.8) is 0 Å². The van der Waals surface area contributed by atoms with Gasteiger partial charge in [0, 0.05) is 10.5 Å². The molecule has 0 aromatic heterocycles. The van der Waals surface area contributed by atoms with E-state index in [0.717, 1.165) is 27.8 Å². The number of likely N-dealkylation sites (N-methyl/N-ethyl adjacent to an activating group) is 1. The van der Waals surface area contributed by atoms with Gasteiger partial charge in [-0.15, -0.1) is 0 Å². The Kier molecular flexibility index (Phi) is 5.15. The van der Waals surface area contributed by atoms with Crippen LogP contribution in [0.25, 0.3) is 0 Å². The minimum atomic E-state index is -0.219. The van der Waals surface area contributed by atoms with Crippen LogP contribution in [-0.2, 0) is 6.42 Å². The fourth-order valence-electron chi connectivity index (χ4n) is 2.21. The van der Waals surface area contributed by atoms with Crippen LogP contribution in [0.15, 0.2) is 46.9 Å². The third-order valence-corrected chi connectivity index (χ3v) is 3.78. The van der Waals surface area contributed by atoms with E-state index in [2.05, 4.69) is 21.2 Å². The van der Waals surface area contributed by atoms with Crippen molar-refractivity contribution in [2.45, 2.75) is 12.5 Å². The monoisotopic (exact) mass is 337 g/mol. The molecule has 106 valence electrons. The fourth-order valence-corrected chi connectivity index (χ4v) is 2.62. The quantitative estimate of drug-likeness (QED) is 0.886. The summed E-state index contributed by atoms with van der Waals surface area (Å²) in [5, 5.41) is 3.26. The number of hydrogen-bond donors (Lipinski definition) is 1. The molecule has 0 aliphatic heterocycles. The number of hydrogen-bond acceptors (Lipinski definition) is 2. The van der Waals surface area contributed by atoms with E-state index in [4.69, 9.17) is 4.74 Å². The SMILES string of the molecule is CNC(Cc1cc(Br)ccc1OC)c1ccc(F)cc1. The van der Waals surface area contributed by atoms with Crippen molar-refractivity contribution in [2.75, 3.05) is 14.2 Å². The highest BCUT2D eigenvalue weighted by Gasteiger charge is 2.13. The summed E-state index contributed by atoms with van der Waals surface area (Å²) in [6.45, 7) is 0. The molecule has 0 radical (unpaired) electrons. The van der Waals surface area contributed by atoms with Crippen LogP contribution >= 0.6 is 15.9 Å². The van der Waals surface area contributed by atoms with E-state index in [1.165, 1.54) is 12.1 Å². The van der Waals surface area contributed by atoms with E-state index in [1.807, 2.05) is 25.2 Å². The van der Waals surface area contributed by atoms with E-state index in [0.29, 0.717) is 0 Å². The van der Waals surface area contributed by atoms with Gasteiger partial charge in [-0.1, -0.05) is 28.1 Å². The Labute approximate surface area is 127 Å². The largest absolute Gasteiger partial charge is 0.496 e. The molecule has 1 N–H and O–H groups in total. The molecule has 0 spiro atoms. The van der Waals surface area contributed by atoms with Crippen LogP contribution in [0.1, 0.15) is 17.2 Å². The molecule has 0 heterocycles. The first kappa shape index (κ1) is 15.0. The first-order chi connectivity index (χ1) is 9.63. The zero-order chi connectivity index (χ0) is 14.5. The van der Waals surface area contributed by atoms with Crippen LogP contribution in [0.5, 0.6) is 5.75 Å². The molecule has 20 heavy (non-hydrogen) atoms. The van der Waals surface area contributed by atoms with Crippen molar-refractivity contribution < 1.29 is 9.13 Å². The molecule has 0 saturated carbocycles. The van der Waals surface area contributed by atoms with E-state index in [1.54, 1.807) is 19.2 Å². The molecular weight excluding hydrogens is 321 g/mol. The van der Waals surface area contributed by atoms with Gasteiger partial charge in [-0.3, -0.25) is 0 Å². The van der Waals surface area contributed by atoms with E-state index < -0.39 is 0 Å². The number of nitrogens with one attached hydrogen (secondary N) is 1. The smallest absolute Gasteiger partial charge is 0.123 e. The topological polar surface area (TPSA) is 21.3 Å². The minimum absolute atomic E-state index is 0.110. The first-order valence-corrected chi connectivity index (χ1v) is 7.18. The van der Waals surface area contributed by atoms with Crippen molar-refractivity contribution in [1.29, 1.82) is 0 Å². The third kappa shape index (κ3) is 3.58. The molecule has 2 aromatic rings. The van der Waals surface area contributed by atoms with Crippen LogP contribution in [-0.4, -0.2) is 14.2 Å². The Balaban J connectivity index is 2.26. The summed E-state index contributed by atoms with van der Waals surface area (Å²) in [5.74, 6) is 0.638. The van der Waals surface area contributed by atoms with Gasteiger partial charge >= 0.3 is 0 Å². The lowest BCUT2D eigenvalue weighted by Gasteiger charge is -2.18. The molecule has 2 nitrogen and oxygen atoms in total. The molecule has 4 heteroatoms. The number of ether oxygens (including phenoxy) is 1. The van der Waals surface area contributed by atoms with Crippen LogP contribution in [0, 0.1) is 5.82 Å². The second-order valence-corrected chi connectivity index (χ2v) is 5.47. The van der Waals surface area contributed by atoms with E-state index in [-0.39, 0.29) is 11.9 Å². The molecule has 0 saturated heterocycles. The summed E-state index contributed by atoms with van der Waals surface area (Å²) in [6.07, 6.45) is 0.769. The summed E-state index contributed by atoms with van der Waals surface area (Å²) in [7, 11) is 3.57. The van der Waals surface area contributed by atoms with Gasteiger partial charge in [-0.05, 0) is 54.9 Å². The van der Waals surface area contributed by atoms with Crippen molar-refractivity contribution in [1.82, 2.24) is 5.32 Å². The second-order valence-electron chi connectivity index (χ2n) is 4.55. The average Bonchev–Trinajstić information content (AvgIpc) is 2.46. The van der Waals surface area contributed by atoms with Gasteiger partial charge < -0.3 is 10.1 Å². The predicted molar refractivity (Wildman–Crippen MR) is 82.6 cm³/mol. The molecule has 0 bridgehead atoms. The highest BCUT2D eigenvalue weighted by Crippen LogP contribution is 2.28. The predicted octanol–water partition coefficient (Wildman–Crippen LogP) is 4.10. The van der Waals surface area contributed by atoms with Gasteiger partial charge in [0.2, 0.25) is 0 Å². The molecule has 1 unspecified atom stereocenters. The lowest BCUT2D eigenvalue weighted by atomic mass is 9.98. The maximum atomic E-state index is 13.0. The Bertz CT molecular complexity index is 571. The molecule has 2 rings (SSSR count). The van der Waals surface area contributed by atoms with Crippen molar-refractivity contribution >= 4 is 15.9 Å². The number of halogens is 2. The molecule has 2 aromatic carbocycles. The van der Waals surface area contributed by atoms with Gasteiger partial charge in [0.25, 0.3) is 0 Å². The molecule has 0 aliphatic rings. The van der Waals surface area contributed by atoms with Gasteiger partial charge in [0.15, 0.2) is 0 Å². The number of methoxy groups -OCH3 is 1. The molecular formula is C16H17BrFNO. The third-order valence-electron chi connectivity index (χ3n) is 3.29. The normalized spacial score (nSPS) is 12.2. The Morgan fingerprint density at radius 2 is 1.90 bits per heavy atom. The zero-order valence-electron chi connectivity index (χ0n) is 11.5. The van der Waals surface area contributed by atoms with Crippen LogP contribution in [0.3, 0.4) is 0 Å². The highest BCUT2D eigenvalue weighted by molar-refractivity contribution is 9.10. The summed E-state index contributed by atoms with van der Waals surface area (Å²) in [6, 6.07) is 12.6. The summed E-state index contributed by atoms with van der Waals surface area (Å²) in [4.78, 5) is 0. The van der Waals surface area contributed by atoms with Crippen LogP contribution in [0.4, 0.5) is 4.39 Å². The van der Waals surface area contributed by atoms with E-state index >= 15 is 0 Å². The molecule has 0 amide bonds. The maximum absolute atomic E-state index is 13.0. The maximum Gasteiger partial charge on any atom is 0.123 e. The molecule has 0 fully saturated rings. The minimum Gasteiger partial charge on any atom is -0.496 e. The second kappa shape index (κ2) is 6.86. The van der Waals surface area contributed by atoms with Gasteiger partial charge in [0.05, 0.1) is 7.11 Å². The standard InChI is InChI=1S/C16H17BrFNO/c1-19-15(11-3-6-14(18)7-4-11)10-12-9-13(17)5-8-16(12)20-2/h3-9,15,19H,10H2,1-2H3. The summed E-state index contributed by atoms with van der Waals surface area (Å²) < 4.78 is 19.4. The van der Waals surface area contributed by atoms with Crippen LogP contribution < -0.4 is 10.1 Å². The first-order valence-electron chi connectivity index (χ1n) is 6.39. The Hall–Kier alpha value is -1.39. The lowest BCUT2D eigenvalue weighted by Crippen LogP contribution is -2.19. The number of rotatable bonds is 5. The van der Waals surface area contributed by atoms with Crippen molar-refractivity contribution in [3.8, 4) is 5.75 Å². The average molecular weight is 338 g/mol.